The van der Waals surface area contributed by atoms with Gasteiger partial charge in [0.15, 0.2) is 0 Å². The lowest BCUT2D eigenvalue weighted by molar-refractivity contribution is 0.126. The number of pyridine rings is 1. The minimum atomic E-state index is 0.0220. The molecule has 0 aliphatic heterocycles. The SMILES string of the molecule is CCC(N)C(CO)N(C)CCc1ccccn1. The third-order valence-corrected chi connectivity index (χ3v) is 3.17. The third kappa shape index (κ3) is 4.42. The number of hydrogen-bond donors (Lipinski definition) is 2. The van der Waals surface area contributed by atoms with Gasteiger partial charge < -0.3 is 10.8 Å². The average Bonchev–Trinajstić information content (AvgIpc) is 2.38. The highest BCUT2D eigenvalue weighted by Gasteiger charge is 2.19. The van der Waals surface area contributed by atoms with Crippen LogP contribution in [-0.4, -0.2) is 47.3 Å². The Morgan fingerprint density at radius 1 is 1.47 bits per heavy atom. The molecule has 2 unspecified atom stereocenters. The van der Waals surface area contributed by atoms with Crippen molar-refractivity contribution in [3.8, 4) is 0 Å². The second-order valence-corrected chi connectivity index (χ2v) is 4.37. The van der Waals surface area contributed by atoms with Gasteiger partial charge in [0.1, 0.15) is 0 Å². The number of aliphatic hydroxyl groups excluding tert-OH is 1. The van der Waals surface area contributed by atoms with E-state index in [0.717, 1.165) is 25.1 Å². The van der Waals surface area contributed by atoms with Crippen LogP contribution in [0.4, 0.5) is 0 Å². The molecule has 0 aliphatic carbocycles. The van der Waals surface area contributed by atoms with Crippen molar-refractivity contribution in [3.63, 3.8) is 0 Å². The van der Waals surface area contributed by atoms with Gasteiger partial charge in [-0.2, -0.15) is 0 Å². The molecule has 1 aromatic heterocycles. The lowest BCUT2D eigenvalue weighted by Gasteiger charge is -2.30. The monoisotopic (exact) mass is 237 g/mol. The van der Waals surface area contributed by atoms with Gasteiger partial charge in [-0.05, 0) is 25.6 Å². The molecule has 4 heteroatoms. The zero-order valence-electron chi connectivity index (χ0n) is 10.7. The van der Waals surface area contributed by atoms with Crippen molar-refractivity contribution in [2.75, 3.05) is 20.2 Å². The van der Waals surface area contributed by atoms with Gasteiger partial charge in [-0.15, -0.1) is 0 Å². The molecule has 0 fully saturated rings. The Bertz CT molecular complexity index is 305. The molecule has 2 atom stereocenters. The number of aliphatic hydroxyl groups is 1. The maximum absolute atomic E-state index is 9.36. The van der Waals surface area contributed by atoms with Crippen molar-refractivity contribution in [2.45, 2.75) is 31.8 Å². The Hall–Kier alpha value is -0.970. The largest absolute Gasteiger partial charge is 0.395 e. The third-order valence-electron chi connectivity index (χ3n) is 3.17. The standard InChI is InChI=1S/C13H23N3O/c1-3-12(14)13(10-17)16(2)9-7-11-6-4-5-8-15-11/h4-6,8,12-13,17H,3,7,9-10,14H2,1-2H3. The van der Waals surface area contributed by atoms with Crippen LogP contribution in [0.25, 0.3) is 0 Å². The lowest BCUT2D eigenvalue weighted by Crippen LogP contribution is -2.48. The molecule has 0 amide bonds. The zero-order valence-corrected chi connectivity index (χ0v) is 10.7. The van der Waals surface area contributed by atoms with Crippen LogP contribution < -0.4 is 5.73 Å². The van der Waals surface area contributed by atoms with E-state index in [-0.39, 0.29) is 18.7 Å². The summed E-state index contributed by atoms with van der Waals surface area (Å²) in [4.78, 5) is 6.39. The van der Waals surface area contributed by atoms with Crippen molar-refractivity contribution in [1.29, 1.82) is 0 Å². The van der Waals surface area contributed by atoms with E-state index in [9.17, 15) is 5.11 Å². The van der Waals surface area contributed by atoms with Crippen molar-refractivity contribution in [2.24, 2.45) is 5.73 Å². The van der Waals surface area contributed by atoms with Crippen LogP contribution in [0.3, 0.4) is 0 Å². The smallest absolute Gasteiger partial charge is 0.0601 e. The maximum Gasteiger partial charge on any atom is 0.0601 e. The molecule has 0 spiro atoms. The first kappa shape index (κ1) is 14.1. The van der Waals surface area contributed by atoms with E-state index in [4.69, 9.17) is 5.73 Å². The van der Waals surface area contributed by atoms with Gasteiger partial charge in [-0.1, -0.05) is 13.0 Å². The molecule has 0 aromatic carbocycles. The van der Waals surface area contributed by atoms with E-state index < -0.39 is 0 Å². The van der Waals surface area contributed by atoms with Crippen LogP contribution >= 0.6 is 0 Å². The van der Waals surface area contributed by atoms with Gasteiger partial charge in [-0.3, -0.25) is 9.88 Å². The van der Waals surface area contributed by atoms with E-state index in [0.29, 0.717) is 0 Å². The van der Waals surface area contributed by atoms with Gasteiger partial charge in [0, 0.05) is 36.9 Å². The molecule has 1 aromatic rings. The lowest BCUT2D eigenvalue weighted by atomic mass is 10.1. The van der Waals surface area contributed by atoms with Crippen molar-refractivity contribution in [1.82, 2.24) is 9.88 Å². The molecule has 4 nitrogen and oxygen atoms in total. The van der Waals surface area contributed by atoms with Gasteiger partial charge in [0.05, 0.1) is 6.61 Å². The number of aromatic nitrogens is 1. The molecular weight excluding hydrogens is 214 g/mol. The fourth-order valence-corrected chi connectivity index (χ4v) is 1.88. The maximum atomic E-state index is 9.36. The molecule has 0 saturated carbocycles. The summed E-state index contributed by atoms with van der Waals surface area (Å²) in [5.41, 5.74) is 7.05. The predicted octanol–water partition coefficient (Wildman–Crippen LogP) is 0.654. The zero-order chi connectivity index (χ0) is 12.7. The Labute approximate surface area is 103 Å². The molecule has 0 aliphatic rings. The molecule has 0 bridgehead atoms. The Balaban J connectivity index is 2.45. The summed E-state index contributed by atoms with van der Waals surface area (Å²) < 4.78 is 0. The van der Waals surface area contributed by atoms with Gasteiger partial charge in [0.25, 0.3) is 0 Å². The van der Waals surface area contributed by atoms with Crippen molar-refractivity contribution < 1.29 is 5.11 Å². The van der Waals surface area contributed by atoms with Crippen LogP contribution in [-0.2, 0) is 6.42 Å². The second-order valence-electron chi connectivity index (χ2n) is 4.37. The molecule has 96 valence electrons. The Kier molecular flexibility index (Phi) is 6.11. The summed E-state index contributed by atoms with van der Waals surface area (Å²) in [5, 5.41) is 9.36. The summed E-state index contributed by atoms with van der Waals surface area (Å²) in [6, 6.07) is 5.97. The summed E-state index contributed by atoms with van der Waals surface area (Å²) in [6.07, 6.45) is 3.56. The first-order valence-corrected chi connectivity index (χ1v) is 6.15. The minimum absolute atomic E-state index is 0.0220. The Morgan fingerprint density at radius 3 is 2.76 bits per heavy atom. The number of nitrogens with zero attached hydrogens (tertiary/aromatic N) is 2. The van der Waals surface area contributed by atoms with Gasteiger partial charge >= 0.3 is 0 Å². The van der Waals surface area contributed by atoms with E-state index in [1.165, 1.54) is 0 Å². The van der Waals surface area contributed by atoms with E-state index in [1.807, 2.05) is 32.2 Å². The van der Waals surface area contributed by atoms with Crippen LogP contribution in [0.2, 0.25) is 0 Å². The Morgan fingerprint density at radius 2 is 2.24 bits per heavy atom. The molecule has 1 rings (SSSR count). The number of hydrogen-bond acceptors (Lipinski definition) is 4. The summed E-state index contributed by atoms with van der Waals surface area (Å²) >= 11 is 0. The summed E-state index contributed by atoms with van der Waals surface area (Å²) in [5.74, 6) is 0. The van der Waals surface area contributed by atoms with E-state index in [1.54, 1.807) is 6.20 Å². The first-order valence-electron chi connectivity index (χ1n) is 6.15. The fraction of sp³-hybridized carbons (Fsp3) is 0.615. The molecule has 1 heterocycles. The number of likely N-dealkylation sites (N-methyl/N-ethyl adjacent to an activating group) is 1. The number of rotatable bonds is 7. The summed E-state index contributed by atoms with van der Waals surface area (Å²) in [7, 11) is 2.00. The van der Waals surface area contributed by atoms with Crippen molar-refractivity contribution in [3.05, 3.63) is 30.1 Å². The fourth-order valence-electron chi connectivity index (χ4n) is 1.88. The molecule has 17 heavy (non-hydrogen) atoms. The quantitative estimate of drug-likeness (QED) is 0.731. The highest BCUT2D eigenvalue weighted by molar-refractivity contribution is 5.03. The van der Waals surface area contributed by atoms with Crippen LogP contribution in [0.15, 0.2) is 24.4 Å². The highest BCUT2D eigenvalue weighted by atomic mass is 16.3. The molecule has 3 N–H and O–H groups in total. The average molecular weight is 237 g/mol. The van der Waals surface area contributed by atoms with E-state index >= 15 is 0 Å². The summed E-state index contributed by atoms with van der Waals surface area (Å²) in [6.45, 7) is 3.00. The van der Waals surface area contributed by atoms with Crippen LogP contribution in [0, 0.1) is 0 Å². The van der Waals surface area contributed by atoms with Crippen molar-refractivity contribution >= 4 is 0 Å². The molecule has 0 radical (unpaired) electrons. The van der Waals surface area contributed by atoms with Crippen LogP contribution in [0.5, 0.6) is 0 Å². The first-order chi connectivity index (χ1) is 8.19. The van der Waals surface area contributed by atoms with Gasteiger partial charge in [0.2, 0.25) is 0 Å². The predicted molar refractivity (Wildman–Crippen MR) is 69.7 cm³/mol. The normalized spacial score (nSPS) is 14.9. The second kappa shape index (κ2) is 7.37. The van der Waals surface area contributed by atoms with E-state index in [2.05, 4.69) is 9.88 Å². The topological polar surface area (TPSA) is 62.4 Å². The molecular formula is C13H23N3O. The van der Waals surface area contributed by atoms with Crippen LogP contribution in [0.1, 0.15) is 19.0 Å². The highest BCUT2D eigenvalue weighted by Crippen LogP contribution is 2.05. The number of nitrogens with two attached hydrogens (primary N) is 1. The van der Waals surface area contributed by atoms with Gasteiger partial charge in [-0.25, -0.2) is 0 Å². The molecule has 0 saturated heterocycles. The minimum Gasteiger partial charge on any atom is -0.395 e.